The summed E-state index contributed by atoms with van der Waals surface area (Å²) in [7, 11) is 1.66. The number of halogens is 1. The molecule has 2 rings (SSSR count). The van der Waals surface area contributed by atoms with E-state index in [-0.39, 0.29) is 6.10 Å². The van der Waals surface area contributed by atoms with Crippen LogP contribution < -0.4 is 14.8 Å². The third-order valence-corrected chi connectivity index (χ3v) is 3.34. The van der Waals surface area contributed by atoms with Crippen LogP contribution in [0.4, 0.5) is 0 Å². The third-order valence-electron chi connectivity index (χ3n) is 2.68. The third kappa shape index (κ3) is 2.89. The molecule has 1 N–H and O–H groups in total. The number of piperidine rings is 1. The fraction of sp³-hybridized carbons (Fsp3) is 0.500. The summed E-state index contributed by atoms with van der Waals surface area (Å²) >= 11 is 3.49. The Labute approximate surface area is 104 Å². The van der Waals surface area contributed by atoms with Crippen LogP contribution in [-0.2, 0) is 0 Å². The van der Waals surface area contributed by atoms with Crippen LogP contribution in [-0.4, -0.2) is 26.3 Å². The molecule has 0 spiro atoms. The molecule has 1 aromatic rings. The van der Waals surface area contributed by atoms with Gasteiger partial charge in [-0.15, -0.1) is 0 Å². The quantitative estimate of drug-likeness (QED) is 0.926. The van der Waals surface area contributed by atoms with Gasteiger partial charge in [-0.05, 0) is 47.4 Å². The Balaban J connectivity index is 2.06. The van der Waals surface area contributed by atoms with Crippen molar-refractivity contribution >= 4 is 15.9 Å². The molecule has 3 nitrogen and oxygen atoms in total. The first kappa shape index (κ1) is 11.7. The summed E-state index contributed by atoms with van der Waals surface area (Å²) in [5, 5.41) is 3.33. The lowest BCUT2D eigenvalue weighted by Crippen LogP contribution is -2.37. The Morgan fingerprint density at radius 3 is 3.00 bits per heavy atom. The molecular weight excluding hydrogens is 270 g/mol. The van der Waals surface area contributed by atoms with Gasteiger partial charge in [-0.2, -0.15) is 0 Å². The van der Waals surface area contributed by atoms with E-state index >= 15 is 0 Å². The molecule has 1 unspecified atom stereocenters. The molecule has 4 heteroatoms. The van der Waals surface area contributed by atoms with E-state index in [0.29, 0.717) is 0 Å². The summed E-state index contributed by atoms with van der Waals surface area (Å²) in [6.07, 6.45) is 2.54. The van der Waals surface area contributed by atoms with Gasteiger partial charge in [-0.1, -0.05) is 0 Å². The molecule has 16 heavy (non-hydrogen) atoms. The highest BCUT2D eigenvalue weighted by molar-refractivity contribution is 9.10. The average molecular weight is 286 g/mol. The first-order valence-corrected chi connectivity index (χ1v) is 6.30. The molecule has 0 aliphatic carbocycles. The Morgan fingerprint density at radius 1 is 1.44 bits per heavy atom. The molecule has 1 heterocycles. The number of benzene rings is 1. The molecule has 0 saturated carbocycles. The van der Waals surface area contributed by atoms with E-state index in [2.05, 4.69) is 21.2 Å². The van der Waals surface area contributed by atoms with Crippen molar-refractivity contribution in [2.45, 2.75) is 18.9 Å². The van der Waals surface area contributed by atoms with Crippen molar-refractivity contribution in [3.63, 3.8) is 0 Å². The standard InChI is InChI=1S/C12H16BrNO2/c1-15-9-4-5-11(13)12(7-9)16-10-3-2-6-14-8-10/h4-5,7,10,14H,2-3,6,8H2,1H3. The monoisotopic (exact) mass is 285 g/mol. The van der Waals surface area contributed by atoms with Gasteiger partial charge in [0.1, 0.15) is 17.6 Å². The zero-order valence-corrected chi connectivity index (χ0v) is 10.9. The first-order valence-electron chi connectivity index (χ1n) is 5.50. The van der Waals surface area contributed by atoms with E-state index in [0.717, 1.165) is 35.5 Å². The van der Waals surface area contributed by atoms with E-state index in [9.17, 15) is 0 Å². The van der Waals surface area contributed by atoms with Gasteiger partial charge in [0.2, 0.25) is 0 Å². The van der Waals surface area contributed by atoms with Crippen molar-refractivity contribution in [1.82, 2.24) is 5.32 Å². The van der Waals surface area contributed by atoms with E-state index in [4.69, 9.17) is 9.47 Å². The maximum atomic E-state index is 5.94. The minimum atomic E-state index is 0.261. The average Bonchev–Trinajstić information content (AvgIpc) is 2.33. The van der Waals surface area contributed by atoms with E-state index in [1.807, 2.05) is 18.2 Å². The van der Waals surface area contributed by atoms with Gasteiger partial charge in [0, 0.05) is 12.6 Å². The Morgan fingerprint density at radius 2 is 2.31 bits per heavy atom. The van der Waals surface area contributed by atoms with Gasteiger partial charge in [0.25, 0.3) is 0 Å². The van der Waals surface area contributed by atoms with Gasteiger partial charge < -0.3 is 14.8 Å². The summed E-state index contributed by atoms with van der Waals surface area (Å²) in [4.78, 5) is 0. The molecular formula is C12H16BrNO2. The highest BCUT2D eigenvalue weighted by Crippen LogP contribution is 2.30. The van der Waals surface area contributed by atoms with Crippen molar-refractivity contribution in [1.29, 1.82) is 0 Å². The molecule has 0 aromatic heterocycles. The van der Waals surface area contributed by atoms with E-state index < -0.39 is 0 Å². The van der Waals surface area contributed by atoms with Crippen molar-refractivity contribution in [2.75, 3.05) is 20.2 Å². The van der Waals surface area contributed by atoms with E-state index in [1.54, 1.807) is 7.11 Å². The second-order valence-electron chi connectivity index (χ2n) is 3.88. The number of hydrogen-bond donors (Lipinski definition) is 1. The van der Waals surface area contributed by atoms with Crippen LogP contribution in [0.2, 0.25) is 0 Å². The molecule has 0 amide bonds. The van der Waals surface area contributed by atoms with Gasteiger partial charge in [-0.3, -0.25) is 0 Å². The molecule has 1 aliphatic rings. The van der Waals surface area contributed by atoms with Crippen LogP contribution in [0.15, 0.2) is 22.7 Å². The lowest BCUT2D eigenvalue weighted by atomic mass is 10.1. The van der Waals surface area contributed by atoms with Crippen LogP contribution in [0.25, 0.3) is 0 Å². The number of methoxy groups -OCH3 is 1. The zero-order valence-electron chi connectivity index (χ0n) is 9.33. The predicted molar refractivity (Wildman–Crippen MR) is 67.2 cm³/mol. The molecule has 1 atom stereocenters. The number of rotatable bonds is 3. The summed E-state index contributed by atoms with van der Waals surface area (Å²) in [6, 6.07) is 5.78. The summed E-state index contributed by atoms with van der Waals surface area (Å²) in [6.45, 7) is 2.02. The first-order chi connectivity index (χ1) is 7.79. The van der Waals surface area contributed by atoms with Crippen molar-refractivity contribution in [2.24, 2.45) is 0 Å². The van der Waals surface area contributed by atoms with Gasteiger partial charge in [0.15, 0.2) is 0 Å². The minimum absolute atomic E-state index is 0.261. The lowest BCUT2D eigenvalue weighted by molar-refractivity contribution is 0.165. The van der Waals surface area contributed by atoms with Crippen molar-refractivity contribution in [3.05, 3.63) is 22.7 Å². The van der Waals surface area contributed by atoms with Crippen LogP contribution in [0, 0.1) is 0 Å². The fourth-order valence-corrected chi connectivity index (χ4v) is 2.14. The van der Waals surface area contributed by atoms with Crippen LogP contribution >= 0.6 is 15.9 Å². The normalized spacial score (nSPS) is 20.5. The molecule has 0 bridgehead atoms. The number of hydrogen-bond acceptors (Lipinski definition) is 3. The Kier molecular flexibility index (Phi) is 4.07. The highest BCUT2D eigenvalue weighted by atomic mass is 79.9. The molecule has 88 valence electrons. The van der Waals surface area contributed by atoms with Gasteiger partial charge in [0.05, 0.1) is 11.6 Å². The Bertz CT molecular complexity index is 351. The molecule has 1 aromatic carbocycles. The zero-order chi connectivity index (χ0) is 11.4. The van der Waals surface area contributed by atoms with Gasteiger partial charge >= 0.3 is 0 Å². The van der Waals surface area contributed by atoms with Crippen LogP contribution in [0.1, 0.15) is 12.8 Å². The molecule has 1 fully saturated rings. The SMILES string of the molecule is COc1ccc(Br)c(OC2CCCNC2)c1. The number of ether oxygens (including phenoxy) is 2. The fourth-order valence-electron chi connectivity index (χ4n) is 1.80. The second-order valence-corrected chi connectivity index (χ2v) is 4.74. The minimum Gasteiger partial charge on any atom is -0.497 e. The highest BCUT2D eigenvalue weighted by Gasteiger charge is 2.15. The molecule has 1 aliphatic heterocycles. The van der Waals surface area contributed by atoms with Gasteiger partial charge in [-0.25, -0.2) is 0 Å². The maximum Gasteiger partial charge on any atom is 0.137 e. The lowest BCUT2D eigenvalue weighted by Gasteiger charge is -2.24. The van der Waals surface area contributed by atoms with Crippen LogP contribution in [0.3, 0.4) is 0 Å². The smallest absolute Gasteiger partial charge is 0.137 e. The second kappa shape index (κ2) is 5.55. The van der Waals surface area contributed by atoms with E-state index in [1.165, 1.54) is 6.42 Å². The maximum absolute atomic E-state index is 5.94. The molecule has 1 saturated heterocycles. The van der Waals surface area contributed by atoms with Crippen molar-refractivity contribution < 1.29 is 9.47 Å². The summed E-state index contributed by atoms with van der Waals surface area (Å²) in [5.74, 6) is 1.68. The predicted octanol–water partition coefficient (Wildman–Crippen LogP) is 2.59. The van der Waals surface area contributed by atoms with Crippen molar-refractivity contribution in [3.8, 4) is 11.5 Å². The number of nitrogens with one attached hydrogen (secondary N) is 1. The van der Waals surface area contributed by atoms with Crippen LogP contribution in [0.5, 0.6) is 11.5 Å². The Hall–Kier alpha value is -0.740. The summed E-state index contributed by atoms with van der Waals surface area (Å²) in [5.41, 5.74) is 0. The summed E-state index contributed by atoms with van der Waals surface area (Å²) < 4.78 is 12.1. The molecule has 0 radical (unpaired) electrons. The largest absolute Gasteiger partial charge is 0.497 e. The topological polar surface area (TPSA) is 30.5 Å².